The molecule has 0 radical (unpaired) electrons. The highest BCUT2D eigenvalue weighted by molar-refractivity contribution is 5.99. The van der Waals surface area contributed by atoms with E-state index >= 15 is 0 Å². The van der Waals surface area contributed by atoms with Gasteiger partial charge in [0.05, 0.1) is 11.7 Å². The highest BCUT2D eigenvalue weighted by Gasteiger charge is 2.28. The number of carbonyl (C=O) groups excluding carboxylic acids is 2. The van der Waals surface area contributed by atoms with Crippen molar-refractivity contribution in [1.82, 2.24) is 10.6 Å². The average Bonchev–Trinajstić information content (AvgIpc) is 3.19. The van der Waals surface area contributed by atoms with Crippen molar-refractivity contribution in [1.29, 1.82) is 0 Å². The van der Waals surface area contributed by atoms with Crippen molar-refractivity contribution in [3.63, 3.8) is 0 Å². The highest BCUT2D eigenvalue weighted by atomic mass is 16.5. The van der Waals surface area contributed by atoms with E-state index in [0.29, 0.717) is 11.3 Å². The summed E-state index contributed by atoms with van der Waals surface area (Å²) in [4.78, 5) is 25.1. The molecule has 1 aromatic carbocycles. The Hall–Kier alpha value is -2.60. The van der Waals surface area contributed by atoms with Crippen LogP contribution >= 0.6 is 0 Å². The number of methoxy groups -OCH3 is 1. The Morgan fingerprint density at radius 3 is 2.39 bits per heavy atom. The van der Waals surface area contributed by atoms with Crippen LogP contribution in [0.1, 0.15) is 70.8 Å². The molecular weight excluding hydrogens is 356 g/mol. The van der Waals surface area contributed by atoms with E-state index in [0.717, 1.165) is 31.2 Å². The van der Waals surface area contributed by atoms with Crippen LogP contribution in [0.5, 0.6) is 0 Å². The first-order valence-electron chi connectivity index (χ1n) is 9.77. The summed E-state index contributed by atoms with van der Waals surface area (Å²) < 4.78 is 11.2. The lowest BCUT2D eigenvalue weighted by Crippen LogP contribution is -2.39. The molecule has 0 spiro atoms. The van der Waals surface area contributed by atoms with Crippen molar-refractivity contribution < 1.29 is 18.7 Å². The molecule has 1 heterocycles. The van der Waals surface area contributed by atoms with Crippen molar-refractivity contribution >= 4 is 11.8 Å². The summed E-state index contributed by atoms with van der Waals surface area (Å²) in [6, 6.07) is 11.5. The van der Waals surface area contributed by atoms with Gasteiger partial charge in [0.15, 0.2) is 5.76 Å². The first kappa shape index (κ1) is 20.1. The molecular formula is C22H28N2O4. The van der Waals surface area contributed by atoms with Crippen LogP contribution in [-0.2, 0) is 4.74 Å². The molecule has 1 saturated carbocycles. The van der Waals surface area contributed by atoms with Gasteiger partial charge >= 0.3 is 0 Å². The third kappa shape index (κ3) is 4.44. The number of ether oxygens (including phenoxy) is 1. The first-order chi connectivity index (χ1) is 13.5. The van der Waals surface area contributed by atoms with Gasteiger partial charge in [-0.05, 0) is 31.2 Å². The number of carbonyl (C=O) groups is 2. The number of amides is 2. The molecule has 0 unspecified atom stereocenters. The summed E-state index contributed by atoms with van der Waals surface area (Å²) in [7, 11) is 3.27. The van der Waals surface area contributed by atoms with E-state index < -0.39 is 0 Å². The molecule has 1 aliphatic carbocycles. The summed E-state index contributed by atoms with van der Waals surface area (Å²) in [5.41, 5.74) is 1.44. The fourth-order valence-electron chi connectivity index (χ4n) is 3.74. The van der Waals surface area contributed by atoms with E-state index in [9.17, 15) is 9.59 Å². The predicted octanol–water partition coefficient (Wildman–Crippen LogP) is 3.48. The van der Waals surface area contributed by atoms with E-state index in [1.54, 1.807) is 20.2 Å². The Labute approximate surface area is 165 Å². The maximum atomic E-state index is 13.0. The molecule has 2 N–H and O–H groups in total. The van der Waals surface area contributed by atoms with Gasteiger partial charge in [0.2, 0.25) is 0 Å². The summed E-state index contributed by atoms with van der Waals surface area (Å²) in [6.07, 6.45) is 3.91. The summed E-state index contributed by atoms with van der Waals surface area (Å²) in [5, 5.41) is 5.66. The Balaban J connectivity index is 1.83. The molecule has 1 fully saturated rings. The van der Waals surface area contributed by atoms with Gasteiger partial charge < -0.3 is 19.8 Å². The van der Waals surface area contributed by atoms with Gasteiger partial charge in [-0.15, -0.1) is 0 Å². The fourth-order valence-corrected chi connectivity index (χ4v) is 3.74. The molecule has 1 atom stereocenters. The summed E-state index contributed by atoms with van der Waals surface area (Å²) >= 11 is 0. The molecule has 2 amide bonds. The number of hydrogen-bond donors (Lipinski definition) is 2. The molecule has 3 rings (SSSR count). The minimum atomic E-state index is -0.346. The summed E-state index contributed by atoms with van der Waals surface area (Å²) in [5.74, 6) is -0.0373. The molecule has 28 heavy (non-hydrogen) atoms. The van der Waals surface area contributed by atoms with Crippen LogP contribution < -0.4 is 10.6 Å². The third-order valence-electron chi connectivity index (χ3n) is 5.49. The van der Waals surface area contributed by atoms with Crippen molar-refractivity contribution in [2.75, 3.05) is 14.2 Å². The van der Waals surface area contributed by atoms with Gasteiger partial charge in [-0.2, -0.15) is 0 Å². The molecule has 1 aliphatic rings. The van der Waals surface area contributed by atoms with Crippen molar-refractivity contribution in [2.24, 2.45) is 0 Å². The van der Waals surface area contributed by atoms with Gasteiger partial charge in [0.25, 0.3) is 11.8 Å². The number of nitrogens with one attached hydrogen (secondary N) is 2. The lowest BCUT2D eigenvalue weighted by atomic mass is 9.92. The van der Waals surface area contributed by atoms with Crippen molar-refractivity contribution in [3.05, 3.63) is 59.0 Å². The van der Waals surface area contributed by atoms with Crippen molar-refractivity contribution in [2.45, 2.75) is 50.7 Å². The molecule has 0 bridgehead atoms. The maximum Gasteiger partial charge on any atom is 0.286 e. The monoisotopic (exact) mass is 384 g/mol. The Morgan fingerprint density at radius 1 is 1.11 bits per heavy atom. The van der Waals surface area contributed by atoms with Gasteiger partial charge in [0.1, 0.15) is 5.76 Å². The number of furan rings is 1. The van der Waals surface area contributed by atoms with Gasteiger partial charge in [-0.3, -0.25) is 9.59 Å². The van der Waals surface area contributed by atoms with Gasteiger partial charge in [-0.25, -0.2) is 0 Å². The zero-order valence-corrected chi connectivity index (χ0v) is 16.7. The topological polar surface area (TPSA) is 80.6 Å². The Bertz CT molecular complexity index is 807. The number of hydrogen-bond acceptors (Lipinski definition) is 4. The Kier molecular flexibility index (Phi) is 6.52. The second kappa shape index (κ2) is 9.06. The van der Waals surface area contributed by atoms with Crippen LogP contribution in [0.15, 0.2) is 40.8 Å². The van der Waals surface area contributed by atoms with Gasteiger partial charge in [0, 0.05) is 32.2 Å². The predicted molar refractivity (Wildman–Crippen MR) is 107 cm³/mol. The third-order valence-corrected chi connectivity index (χ3v) is 5.49. The SMILES string of the molecule is CNC(=O)c1cc(C(=O)N[C@H]2CC[C@H](OC)CC2)c([C@@H](C)c2ccccc2)o1. The minimum Gasteiger partial charge on any atom is -0.454 e. The second-order valence-electron chi connectivity index (χ2n) is 7.28. The van der Waals surface area contributed by atoms with Crippen molar-refractivity contribution in [3.8, 4) is 0 Å². The molecule has 2 aromatic rings. The van der Waals surface area contributed by atoms with E-state index in [1.165, 1.54) is 0 Å². The van der Waals surface area contributed by atoms with Crippen LogP contribution in [0.25, 0.3) is 0 Å². The molecule has 6 heteroatoms. The number of benzene rings is 1. The highest BCUT2D eigenvalue weighted by Crippen LogP contribution is 2.30. The normalized spacial score (nSPS) is 20.4. The second-order valence-corrected chi connectivity index (χ2v) is 7.28. The lowest BCUT2D eigenvalue weighted by Gasteiger charge is -2.28. The lowest BCUT2D eigenvalue weighted by molar-refractivity contribution is 0.0599. The van der Waals surface area contributed by atoms with Crippen LogP contribution in [0.4, 0.5) is 0 Å². The molecule has 6 nitrogen and oxygen atoms in total. The quantitative estimate of drug-likeness (QED) is 0.799. The van der Waals surface area contributed by atoms with Crippen LogP contribution in [-0.4, -0.2) is 38.1 Å². The molecule has 1 aromatic heterocycles. The standard InChI is InChI=1S/C22H28N2O4/c1-14(15-7-5-4-6-8-15)20-18(13-19(28-20)22(26)23-2)21(25)24-16-9-11-17(27-3)12-10-16/h4-8,13-14,16-17H,9-12H2,1-3H3,(H,23,26)(H,24,25)/t14-,16-,17-/m0/s1. The molecule has 0 aliphatic heterocycles. The van der Waals surface area contributed by atoms with Crippen LogP contribution in [0, 0.1) is 0 Å². The average molecular weight is 384 g/mol. The smallest absolute Gasteiger partial charge is 0.286 e. The minimum absolute atomic E-state index is 0.108. The molecule has 150 valence electrons. The number of rotatable bonds is 6. The maximum absolute atomic E-state index is 13.0. The van der Waals surface area contributed by atoms with Gasteiger partial charge in [-0.1, -0.05) is 37.3 Å². The van der Waals surface area contributed by atoms with Crippen LogP contribution in [0.3, 0.4) is 0 Å². The van der Waals surface area contributed by atoms with E-state index in [-0.39, 0.29) is 35.6 Å². The van der Waals surface area contributed by atoms with E-state index in [1.807, 2.05) is 37.3 Å². The Morgan fingerprint density at radius 2 is 1.79 bits per heavy atom. The fraction of sp³-hybridized carbons (Fsp3) is 0.455. The largest absolute Gasteiger partial charge is 0.454 e. The van der Waals surface area contributed by atoms with E-state index in [4.69, 9.17) is 9.15 Å². The van der Waals surface area contributed by atoms with E-state index in [2.05, 4.69) is 10.6 Å². The molecule has 0 saturated heterocycles. The van der Waals surface area contributed by atoms with Crippen LogP contribution in [0.2, 0.25) is 0 Å². The summed E-state index contributed by atoms with van der Waals surface area (Å²) in [6.45, 7) is 1.97. The zero-order valence-electron chi connectivity index (χ0n) is 16.7. The first-order valence-corrected chi connectivity index (χ1v) is 9.77. The zero-order chi connectivity index (χ0) is 20.1.